The zero-order chi connectivity index (χ0) is 18.0. The molecule has 1 saturated heterocycles. The number of nitrogens with zero attached hydrogens (tertiary/aromatic N) is 4. The molecule has 0 bridgehead atoms. The van der Waals surface area contributed by atoms with E-state index < -0.39 is 10.0 Å². The lowest BCUT2D eigenvalue weighted by Gasteiger charge is -2.17. The number of sulfonamides is 1. The van der Waals surface area contributed by atoms with E-state index in [9.17, 15) is 13.2 Å². The maximum atomic E-state index is 12.5. The zero-order valence-corrected chi connectivity index (χ0v) is 15.2. The van der Waals surface area contributed by atoms with Gasteiger partial charge in [-0.1, -0.05) is 17.7 Å². The number of benzene rings is 1. The predicted octanol–water partition coefficient (Wildman–Crippen LogP) is 1.64. The van der Waals surface area contributed by atoms with Gasteiger partial charge in [0.2, 0.25) is 5.91 Å². The van der Waals surface area contributed by atoms with Gasteiger partial charge in [0.15, 0.2) is 5.03 Å². The van der Waals surface area contributed by atoms with Crippen LogP contribution in [0.5, 0.6) is 0 Å². The Kier molecular flexibility index (Phi) is 4.91. The smallest absolute Gasteiger partial charge is 0.262 e. The normalized spacial score (nSPS) is 15.4. The minimum Gasteiger partial charge on any atom is -0.327 e. The van der Waals surface area contributed by atoms with Crippen molar-refractivity contribution in [1.29, 1.82) is 0 Å². The van der Waals surface area contributed by atoms with Gasteiger partial charge in [-0.3, -0.25) is 4.79 Å². The fourth-order valence-corrected chi connectivity index (χ4v) is 4.25. The first kappa shape index (κ1) is 17.6. The maximum Gasteiger partial charge on any atom is 0.262 e. The molecular formula is C17H22N4O3S. The van der Waals surface area contributed by atoms with E-state index in [1.807, 2.05) is 31.2 Å². The number of imidazole rings is 1. The van der Waals surface area contributed by atoms with Crippen molar-refractivity contribution in [2.45, 2.75) is 31.3 Å². The van der Waals surface area contributed by atoms with Gasteiger partial charge in [0, 0.05) is 32.0 Å². The van der Waals surface area contributed by atoms with Gasteiger partial charge in [0.25, 0.3) is 10.0 Å². The van der Waals surface area contributed by atoms with E-state index in [2.05, 4.69) is 4.98 Å². The average molecular weight is 362 g/mol. The molecule has 0 saturated carbocycles. The number of carbonyl (C=O) groups is 1. The predicted molar refractivity (Wildman–Crippen MR) is 94.8 cm³/mol. The first-order valence-corrected chi connectivity index (χ1v) is 9.67. The number of likely N-dealkylation sites (N-methyl/N-ethyl adjacent to an activating group) is 1. The molecule has 1 aliphatic heterocycles. The van der Waals surface area contributed by atoms with Gasteiger partial charge in [0.1, 0.15) is 6.54 Å². The number of carbonyl (C=O) groups excluding carboxylic acids is 1. The van der Waals surface area contributed by atoms with Crippen molar-refractivity contribution in [1.82, 2.24) is 13.9 Å². The SMILES string of the molecule is Cc1ccc(N(C)C(=O)Cn2cnc(S(=O)(=O)N3CCCC3)c2)cc1. The van der Waals surface area contributed by atoms with Crippen LogP contribution in [0.15, 0.2) is 41.8 Å². The summed E-state index contributed by atoms with van der Waals surface area (Å²) in [6, 6.07) is 7.64. The number of anilines is 1. The molecule has 1 fully saturated rings. The van der Waals surface area contributed by atoms with Crippen LogP contribution in [0.2, 0.25) is 0 Å². The van der Waals surface area contributed by atoms with Crippen LogP contribution in [0.3, 0.4) is 0 Å². The van der Waals surface area contributed by atoms with Gasteiger partial charge in [-0.2, -0.15) is 4.31 Å². The first-order chi connectivity index (χ1) is 11.9. The molecular weight excluding hydrogens is 340 g/mol. The Labute approximate surface area is 147 Å². The van der Waals surface area contributed by atoms with Crippen LogP contribution in [0.1, 0.15) is 18.4 Å². The second-order valence-electron chi connectivity index (χ2n) is 6.28. The standard InChI is InChI=1S/C17H22N4O3S/c1-14-5-7-15(8-6-14)19(2)17(22)12-20-11-16(18-13-20)25(23,24)21-9-3-4-10-21/h5-8,11,13H,3-4,9-10,12H2,1-2H3. The molecule has 7 nitrogen and oxygen atoms in total. The van der Waals surface area contributed by atoms with Crippen LogP contribution in [-0.4, -0.2) is 48.3 Å². The van der Waals surface area contributed by atoms with E-state index in [-0.39, 0.29) is 17.5 Å². The fraction of sp³-hybridized carbons (Fsp3) is 0.412. The Bertz CT molecular complexity index is 852. The molecule has 1 amide bonds. The molecule has 3 rings (SSSR count). The fourth-order valence-electron chi connectivity index (χ4n) is 2.79. The summed E-state index contributed by atoms with van der Waals surface area (Å²) in [5.41, 5.74) is 1.91. The Hall–Kier alpha value is -2.19. The second-order valence-corrected chi connectivity index (χ2v) is 8.17. The number of aromatic nitrogens is 2. The molecule has 0 unspecified atom stereocenters. The van der Waals surface area contributed by atoms with Gasteiger partial charge < -0.3 is 9.47 Å². The number of aryl methyl sites for hydroxylation is 1. The highest BCUT2D eigenvalue weighted by Gasteiger charge is 2.29. The van der Waals surface area contributed by atoms with Crippen molar-refractivity contribution in [2.24, 2.45) is 0 Å². The van der Waals surface area contributed by atoms with E-state index in [0.29, 0.717) is 13.1 Å². The number of hydrogen-bond acceptors (Lipinski definition) is 4. The minimum atomic E-state index is -3.55. The van der Waals surface area contributed by atoms with E-state index in [1.165, 1.54) is 21.4 Å². The van der Waals surface area contributed by atoms with E-state index >= 15 is 0 Å². The van der Waals surface area contributed by atoms with Crippen molar-refractivity contribution in [3.8, 4) is 0 Å². The lowest BCUT2D eigenvalue weighted by Crippen LogP contribution is -2.30. The minimum absolute atomic E-state index is 0.000175. The zero-order valence-electron chi connectivity index (χ0n) is 14.4. The largest absolute Gasteiger partial charge is 0.327 e. The van der Waals surface area contributed by atoms with Gasteiger partial charge in [0.05, 0.1) is 6.33 Å². The molecule has 2 aromatic rings. The summed E-state index contributed by atoms with van der Waals surface area (Å²) in [6.45, 7) is 3.08. The van der Waals surface area contributed by atoms with Gasteiger partial charge >= 0.3 is 0 Å². The third kappa shape index (κ3) is 3.74. The summed E-state index contributed by atoms with van der Waals surface area (Å²) in [5, 5.41) is 0.000175. The van der Waals surface area contributed by atoms with Crippen LogP contribution in [0.4, 0.5) is 5.69 Å². The molecule has 0 spiro atoms. The third-order valence-corrected chi connectivity index (χ3v) is 6.18. The number of hydrogen-bond donors (Lipinski definition) is 0. The van der Waals surface area contributed by atoms with E-state index in [1.54, 1.807) is 11.9 Å². The molecule has 8 heteroatoms. The Morgan fingerprint density at radius 1 is 1.20 bits per heavy atom. The highest BCUT2D eigenvalue weighted by molar-refractivity contribution is 7.89. The molecule has 25 heavy (non-hydrogen) atoms. The van der Waals surface area contributed by atoms with Crippen molar-refractivity contribution in [3.05, 3.63) is 42.4 Å². The van der Waals surface area contributed by atoms with Crippen molar-refractivity contribution >= 4 is 21.6 Å². The topological polar surface area (TPSA) is 75.5 Å². The van der Waals surface area contributed by atoms with Gasteiger partial charge in [-0.25, -0.2) is 13.4 Å². The van der Waals surface area contributed by atoms with E-state index in [4.69, 9.17) is 0 Å². The molecule has 134 valence electrons. The maximum absolute atomic E-state index is 12.5. The summed E-state index contributed by atoms with van der Waals surface area (Å²) in [4.78, 5) is 18.0. The van der Waals surface area contributed by atoms with Gasteiger partial charge in [-0.05, 0) is 31.9 Å². The number of amides is 1. The summed E-state index contributed by atoms with van der Waals surface area (Å²) in [6.07, 6.45) is 4.57. The van der Waals surface area contributed by atoms with Crippen LogP contribution < -0.4 is 4.90 Å². The molecule has 1 aromatic carbocycles. The third-order valence-electron chi connectivity index (χ3n) is 4.39. The highest BCUT2D eigenvalue weighted by atomic mass is 32.2. The summed E-state index contributed by atoms with van der Waals surface area (Å²) < 4.78 is 27.9. The highest BCUT2D eigenvalue weighted by Crippen LogP contribution is 2.19. The molecule has 0 aliphatic carbocycles. The quantitative estimate of drug-likeness (QED) is 0.810. The van der Waals surface area contributed by atoms with Crippen LogP contribution in [0.25, 0.3) is 0 Å². The van der Waals surface area contributed by atoms with Crippen LogP contribution in [0, 0.1) is 6.92 Å². The summed E-state index contributed by atoms with van der Waals surface area (Å²) in [7, 11) is -1.85. The Morgan fingerprint density at radius 2 is 1.84 bits per heavy atom. The average Bonchev–Trinajstić information content (AvgIpc) is 3.27. The molecule has 0 atom stereocenters. The van der Waals surface area contributed by atoms with Crippen molar-refractivity contribution in [2.75, 3.05) is 25.0 Å². The Morgan fingerprint density at radius 3 is 2.48 bits per heavy atom. The van der Waals surface area contributed by atoms with Gasteiger partial charge in [-0.15, -0.1) is 0 Å². The second kappa shape index (κ2) is 6.97. The van der Waals surface area contributed by atoms with Crippen LogP contribution >= 0.6 is 0 Å². The summed E-state index contributed by atoms with van der Waals surface area (Å²) >= 11 is 0. The van der Waals surface area contributed by atoms with E-state index in [0.717, 1.165) is 24.1 Å². The molecule has 1 aromatic heterocycles. The molecule has 0 radical (unpaired) electrons. The first-order valence-electron chi connectivity index (χ1n) is 8.23. The van der Waals surface area contributed by atoms with Crippen molar-refractivity contribution in [3.63, 3.8) is 0 Å². The molecule has 1 aliphatic rings. The number of rotatable bonds is 5. The lowest BCUT2D eigenvalue weighted by atomic mass is 10.2. The molecule has 0 N–H and O–H groups in total. The monoisotopic (exact) mass is 362 g/mol. The molecule has 2 heterocycles. The summed E-state index contributed by atoms with van der Waals surface area (Å²) in [5.74, 6) is -0.147. The lowest BCUT2D eigenvalue weighted by molar-refractivity contribution is -0.118. The van der Waals surface area contributed by atoms with Crippen LogP contribution in [-0.2, 0) is 21.4 Å². The Balaban J connectivity index is 1.70. The van der Waals surface area contributed by atoms with Crippen molar-refractivity contribution < 1.29 is 13.2 Å².